The Morgan fingerprint density at radius 2 is 1.61 bits per heavy atom. The molecule has 0 radical (unpaired) electrons. The highest BCUT2D eigenvalue weighted by atomic mass is 15.2. The first kappa shape index (κ1) is 21.6. The smallest absolute Gasteiger partial charge is 0.137 e. The van der Waals surface area contributed by atoms with Crippen molar-refractivity contribution in [3.63, 3.8) is 0 Å². The van der Waals surface area contributed by atoms with Crippen LogP contribution >= 0.6 is 0 Å². The normalized spacial score (nSPS) is 14.2. The number of rotatable bonds is 9. The van der Waals surface area contributed by atoms with Gasteiger partial charge >= 0.3 is 0 Å². The van der Waals surface area contributed by atoms with Gasteiger partial charge in [0.1, 0.15) is 5.65 Å². The SMILES string of the molecule is C(CN(CCN1CCCC1)Cc1cc2cccnc2[nH]1)=C(c1ccccc1)c1ccccc1. The second kappa shape index (κ2) is 10.6. The van der Waals surface area contributed by atoms with E-state index >= 15 is 0 Å². The lowest BCUT2D eigenvalue weighted by Crippen LogP contribution is -2.33. The Kier molecular flexibility index (Phi) is 6.95. The molecule has 4 heteroatoms. The zero-order valence-electron chi connectivity index (χ0n) is 19.2. The maximum absolute atomic E-state index is 4.48. The topological polar surface area (TPSA) is 35.2 Å². The second-order valence-electron chi connectivity index (χ2n) is 8.87. The van der Waals surface area contributed by atoms with E-state index in [1.165, 1.54) is 53.7 Å². The molecule has 4 nitrogen and oxygen atoms in total. The fourth-order valence-electron chi connectivity index (χ4n) is 4.72. The molecule has 0 unspecified atom stereocenters. The first-order valence-electron chi connectivity index (χ1n) is 12.0. The van der Waals surface area contributed by atoms with Gasteiger partial charge in [-0.05, 0) is 60.8 Å². The van der Waals surface area contributed by atoms with Crippen molar-refractivity contribution in [2.75, 3.05) is 32.7 Å². The number of benzene rings is 2. The summed E-state index contributed by atoms with van der Waals surface area (Å²) in [4.78, 5) is 13.1. The minimum atomic E-state index is 0.886. The fraction of sp³-hybridized carbons (Fsp3) is 0.276. The molecule has 2 aromatic heterocycles. The molecular formula is C29H32N4. The number of nitrogens with zero attached hydrogens (tertiary/aromatic N) is 3. The van der Waals surface area contributed by atoms with Gasteiger partial charge in [-0.25, -0.2) is 4.98 Å². The lowest BCUT2D eigenvalue weighted by molar-refractivity contribution is 0.234. The molecule has 33 heavy (non-hydrogen) atoms. The Labute approximate surface area is 196 Å². The molecule has 1 aliphatic heterocycles. The van der Waals surface area contributed by atoms with Crippen LogP contribution in [0.25, 0.3) is 16.6 Å². The molecule has 3 heterocycles. The standard InChI is InChI=1S/C29H32N4/c1-3-10-24(11-4-1)28(25-12-5-2-6-13-25)15-19-33(21-20-32-17-7-8-18-32)23-27-22-26-14-9-16-30-29(26)31-27/h1-6,9-16,22H,7-8,17-21,23H2,(H,30,31). The summed E-state index contributed by atoms with van der Waals surface area (Å²) < 4.78 is 0. The Morgan fingerprint density at radius 1 is 0.909 bits per heavy atom. The molecule has 0 spiro atoms. The monoisotopic (exact) mass is 436 g/mol. The summed E-state index contributed by atoms with van der Waals surface area (Å²) in [5.74, 6) is 0. The van der Waals surface area contributed by atoms with Gasteiger partial charge in [-0.15, -0.1) is 0 Å². The van der Waals surface area contributed by atoms with E-state index in [0.717, 1.165) is 31.8 Å². The number of H-pyrrole nitrogens is 1. The largest absolute Gasteiger partial charge is 0.342 e. The number of pyridine rings is 1. The Bertz CT molecular complexity index is 1100. The molecule has 0 bridgehead atoms. The van der Waals surface area contributed by atoms with Crippen LogP contribution in [0.3, 0.4) is 0 Å². The molecule has 4 aromatic rings. The molecule has 0 aliphatic carbocycles. The van der Waals surface area contributed by atoms with Crippen LogP contribution in [0.5, 0.6) is 0 Å². The van der Waals surface area contributed by atoms with Crippen LogP contribution in [-0.4, -0.2) is 52.5 Å². The third-order valence-corrected chi connectivity index (χ3v) is 6.50. The summed E-state index contributed by atoms with van der Waals surface area (Å²) in [5, 5.41) is 1.18. The first-order chi connectivity index (χ1) is 16.3. The Balaban J connectivity index is 1.39. The summed E-state index contributed by atoms with van der Waals surface area (Å²) in [6.45, 7) is 6.43. The quantitative estimate of drug-likeness (QED) is 0.371. The first-order valence-corrected chi connectivity index (χ1v) is 12.0. The van der Waals surface area contributed by atoms with E-state index in [9.17, 15) is 0 Å². The van der Waals surface area contributed by atoms with E-state index < -0.39 is 0 Å². The Hall–Kier alpha value is -3.21. The summed E-state index contributed by atoms with van der Waals surface area (Å²) in [7, 11) is 0. The van der Waals surface area contributed by atoms with Crippen molar-refractivity contribution in [2.24, 2.45) is 0 Å². The van der Waals surface area contributed by atoms with Crippen LogP contribution in [0.2, 0.25) is 0 Å². The van der Waals surface area contributed by atoms with Gasteiger partial charge in [-0.1, -0.05) is 66.7 Å². The van der Waals surface area contributed by atoms with Crippen molar-refractivity contribution in [2.45, 2.75) is 19.4 Å². The van der Waals surface area contributed by atoms with Gasteiger partial charge in [-0.3, -0.25) is 4.90 Å². The van der Waals surface area contributed by atoms with Crippen molar-refractivity contribution in [1.29, 1.82) is 0 Å². The van der Waals surface area contributed by atoms with E-state index in [0.29, 0.717) is 0 Å². The number of nitrogens with one attached hydrogen (secondary N) is 1. The molecule has 5 rings (SSSR count). The van der Waals surface area contributed by atoms with Gasteiger partial charge in [0.25, 0.3) is 0 Å². The van der Waals surface area contributed by atoms with Crippen LogP contribution in [0.15, 0.2) is 91.1 Å². The van der Waals surface area contributed by atoms with E-state index in [1.54, 1.807) is 0 Å². The van der Waals surface area contributed by atoms with Gasteiger partial charge < -0.3 is 9.88 Å². The molecule has 0 amide bonds. The lowest BCUT2D eigenvalue weighted by atomic mass is 9.97. The average molecular weight is 437 g/mol. The highest BCUT2D eigenvalue weighted by Gasteiger charge is 2.15. The third-order valence-electron chi connectivity index (χ3n) is 6.50. The molecule has 1 fully saturated rings. The highest BCUT2D eigenvalue weighted by molar-refractivity contribution is 5.80. The van der Waals surface area contributed by atoms with Crippen molar-refractivity contribution >= 4 is 16.6 Å². The van der Waals surface area contributed by atoms with E-state index in [2.05, 4.69) is 98.6 Å². The minimum Gasteiger partial charge on any atom is -0.342 e. The van der Waals surface area contributed by atoms with E-state index in [1.807, 2.05) is 12.3 Å². The summed E-state index contributed by atoms with van der Waals surface area (Å²) in [6.07, 6.45) is 6.91. The van der Waals surface area contributed by atoms with Crippen molar-refractivity contribution in [3.05, 3.63) is 108 Å². The van der Waals surface area contributed by atoms with Crippen molar-refractivity contribution in [1.82, 2.24) is 19.8 Å². The summed E-state index contributed by atoms with van der Waals surface area (Å²) in [6, 6.07) is 27.8. The average Bonchev–Trinajstić information content (AvgIpc) is 3.53. The molecular weight excluding hydrogens is 404 g/mol. The number of hydrogen-bond acceptors (Lipinski definition) is 3. The summed E-state index contributed by atoms with van der Waals surface area (Å²) in [5.41, 5.74) is 6.01. The number of aromatic amines is 1. The zero-order chi connectivity index (χ0) is 22.3. The molecule has 1 N–H and O–H groups in total. The van der Waals surface area contributed by atoms with Gasteiger partial charge in [0.15, 0.2) is 0 Å². The van der Waals surface area contributed by atoms with Gasteiger partial charge in [0, 0.05) is 43.5 Å². The van der Waals surface area contributed by atoms with E-state index in [-0.39, 0.29) is 0 Å². The maximum atomic E-state index is 4.48. The number of likely N-dealkylation sites (tertiary alicyclic amines) is 1. The minimum absolute atomic E-state index is 0.886. The third kappa shape index (κ3) is 5.59. The van der Waals surface area contributed by atoms with Gasteiger partial charge in [0.2, 0.25) is 0 Å². The molecule has 0 atom stereocenters. The van der Waals surface area contributed by atoms with Crippen LogP contribution in [0.1, 0.15) is 29.7 Å². The summed E-state index contributed by atoms with van der Waals surface area (Å²) >= 11 is 0. The van der Waals surface area contributed by atoms with Crippen LogP contribution in [0, 0.1) is 0 Å². The second-order valence-corrected chi connectivity index (χ2v) is 8.87. The van der Waals surface area contributed by atoms with Crippen molar-refractivity contribution < 1.29 is 0 Å². The van der Waals surface area contributed by atoms with Gasteiger partial charge in [-0.2, -0.15) is 0 Å². The van der Waals surface area contributed by atoms with Crippen molar-refractivity contribution in [3.8, 4) is 0 Å². The molecule has 0 saturated carbocycles. The number of fused-ring (bicyclic) bond motifs is 1. The number of aromatic nitrogens is 2. The van der Waals surface area contributed by atoms with Gasteiger partial charge in [0.05, 0.1) is 0 Å². The van der Waals surface area contributed by atoms with E-state index in [4.69, 9.17) is 0 Å². The predicted molar refractivity (Wildman–Crippen MR) is 137 cm³/mol. The van der Waals surface area contributed by atoms with Crippen LogP contribution in [-0.2, 0) is 6.54 Å². The lowest BCUT2D eigenvalue weighted by Gasteiger charge is -2.24. The Morgan fingerprint density at radius 3 is 2.27 bits per heavy atom. The maximum Gasteiger partial charge on any atom is 0.137 e. The molecule has 1 saturated heterocycles. The molecule has 2 aromatic carbocycles. The van der Waals surface area contributed by atoms with Crippen LogP contribution in [0.4, 0.5) is 0 Å². The number of hydrogen-bond donors (Lipinski definition) is 1. The molecule has 1 aliphatic rings. The zero-order valence-corrected chi connectivity index (χ0v) is 19.2. The highest BCUT2D eigenvalue weighted by Crippen LogP contribution is 2.23. The van der Waals surface area contributed by atoms with Crippen LogP contribution < -0.4 is 0 Å². The molecule has 168 valence electrons. The predicted octanol–water partition coefficient (Wildman–Crippen LogP) is 5.59. The fourth-order valence-corrected chi connectivity index (χ4v) is 4.72.